The molecule has 0 saturated heterocycles. The van der Waals surface area contributed by atoms with Crippen molar-refractivity contribution < 1.29 is 9.26 Å². The van der Waals surface area contributed by atoms with Gasteiger partial charge in [0.05, 0.1) is 5.60 Å². The molecule has 0 aromatic carbocycles. The molecular formula is C34H59NO2SSi. The van der Waals surface area contributed by atoms with Crippen molar-refractivity contribution in [3.8, 4) is 0 Å². The van der Waals surface area contributed by atoms with Gasteiger partial charge >= 0.3 is 0 Å². The third-order valence-corrected chi connectivity index (χ3v) is 16.0. The fourth-order valence-electron chi connectivity index (χ4n) is 8.37. The Morgan fingerprint density at radius 3 is 2.51 bits per heavy atom. The molecule has 2 unspecified atom stereocenters. The maximum Gasteiger partial charge on any atom is 0.192 e. The molecule has 0 aliphatic heterocycles. The van der Waals surface area contributed by atoms with Crippen LogP contribution >= 0.6 is 12.8 Å². The van der Waals surface area contributed by atoms with E-state index in [4.69, 9.17) is 9.26 Å². The van der Waals surface area contributed by atoms with E-state index in [0.29, 0.717) is 11.3 Å². The van der Waals surface area contributed by atoms with Crippen LogP contribution in [0.1, 0.15) is 113 Å². The molecule has 222 valence electrons. The van der Waals surface area contributed by atoms with Crippen molar-refractivity contribution in [3.63, 3.8) is 0 Å². The van der Waals surface area contributed by atoms with E-state index in [1.807, 2.05) is 0 Å². The number of rotatable bonds is 14. The minimum atomic E-state index is -1.57. The van der Waals surface area contributed by atoms with Crippen molar-refractivity contribution in [1.29, 1.82) is 0 Å². The molecule has 0 radical (unpaired) electrons. The van der Waals surface area contributed by atoms with Crippen LogP contribution in [0.5, 0.6) is 0 Å². The van der Waals surface area contributed by atoms with Crippen molar-refractivity contribution in [2.24, 2.45) is 23.2 Å². The summed E-state index contributed by atoms with van der Waals surface area (Å²) in [6, 6.07) is 3.71. The van der Waals surface area contributed by atoms with Crippen LogP contribution in [0.2, 0.25) is 18.1 Å². The summed E-state index contributed by atoms with van der Waals surface area (Å²) in [5.41, 5.74) is 5.76. The van der Waals surface area contributed by atoms with Crippen LogP contribution in [0.4, 0.5) is 0 Å². The van der Waals surface area contributed by atoms with E-state index in [1.165, 1.54) is 74.2 Å². The van der Waals surface area contributed by atoms with Crippen molar-refractivity contribution >= 4 is 21.1 Å². The molecule has 0 heterocycles. The molecule has 5 atom stereocenters. The lowest BCUT2D eigenvalue weighted by molar-refractivity contribution is 0.0651. The quantitative estimate of drug-likeness (QED) is 0.0938. The van der Waals surface area contributed by atoms with Gasteiger partial charge in [-0.1, -0.05) is 85.1 Å². The Hall–Kier alpha value is -0.593. The van der Waals surface area contributed by atoms with Crippen LogP contribution in [0.25, 0.3) is 0 Å². The van der Waals surface area contributed by atoms with Gasteiger partial charge in [-0.15, -0.1) is 4.89 Å². The highest BCUT2D eigenvalue weighted by Crippen LogP contribution is 2.59. The monoisotopic (exact) mass is 573 g/mol. The standard InChI is InChI=1S/C34H59NO2SSi/c1-10-39(11-2,12-3)37-33(7,8)23-13-15-25(4)30-21-22-31-29(16-14-24-34(30,31)9)20-19-28-18-17-26(5)32(27(28)6)36-35-38/h16,19-20,25,30-32,35,38H,5,10-15,17-18,21-24H2,1-4,6-9H3/b20-19-/t25-,30?,31?,32+,34-/m1/s1. The lowest BCUT2D eigenvalue weighted by Crippen LogP contribution is -2.44. The van der Waals surface area contributed by atoms with Crippen molar-refractivity contribution in [1.82, 2.24) is 4.89 Å². The normalized spacial score (nSPS) is 29.2. The molecule has 3 nitrogen and oxygen atoms in total. The second kappa shape index (κ2) is 14.0. The largest absolute Gasteiger partial charge is 0.412 e. The van der Waals surface area contributed by atoms with E-state index in [-0.39, 0.29) is 11.7 Å². The predicted molar refractivity (Wildman–Crippen MR) is 174 cm³/mol. The zero-order valence-electron chi connectivity index (χ0n) is 26.5. The van der Waals surface area contributed by atoms with Gasteiger partial charge in [-0.05, 0) is 129 Å². The number of hydrogen-bond donors (Lipinski definition) is 2. The first-order valence-electron chi connectivity index (χ1n) is 16.0. The molecule has 0 aromatic heterocycles. The lowest BCUT2D eigenvalue weighted by atomic mass is 9.62. The van der Waals surface area contributed by atoms with Crippen LogP contribution in [-0.2, 0) is 9.26 Å². The Morgan fingerprint density at radius 2 is 1.87 bits per heavy atom. The summed E-state index contributed by atoms with van der Waals surface area (Å²) in [6.45, 7) is 23.3. The second-order valence-electron chi connectivity index (χ2n) is 13.7. The van der Waals surface area contributed by atoms with E-state index in [9.17, 15) is 0 Å². The van der Waals surface area contributed by atoms with E-state index < -0.39 is 8.32 Å². The molecule has 1 saturated carbocycles. The van der Waals surface area contributed by atoms with Crippen LogP contribution in [0.15, 0.2) is 47.1 Å². The minimum Gasteiger partial charge on any atom is -0.412 e. The summed E-state index contributed by atoms with van der Waals surface area (Å²) in [5.74, 6) is 2.27. The fraction of sp³-hybridized carbons (Fsp3) is 0.765. The van der Waals surface area contributed by atoms with Gasteiger partial charge in [-0.25, -0.2) is 0 Å². The van der Waals surface area contributed by atoms with Crippen molar-refractivity contribution in [2.75, 3.05) is 0 Å². The first-order chi connectivity index (χ1) is 18.5. The summed E-state index contributed by atoms with van der Waals surface area (Å²) >= 11 is 4.05. The second-order valence-corrected chi connectivity index (χ2v) is 18.6. The molecule has 0 aromatic rings. The Morgan fingerprint density at radius 1 is 1.18 bits per heavy atom. The van der Waals surface area contributed by atoms with E-state index in [2.05, 4.69) is 97.9 Å². The SMILES string of the molecule is C=C1CCC(/C=C\C2=CCC[C@@]3(C)C2CCC3[C@H](C)CCCC(C)(C)O[Si](CC)(CC)CC)=C(C)[C@H]1ONS. The highest BCUT2D eigenvalue weighted by atomic mass is 32.1. The fourth-order valence-corrected chi connectivity index (χ4v) is 11.7. The number of nitrogens with one attached hydrogen (secondary N) is 1. The lowest BCUT2D eigenvalue weighted by Gasteiger charge is -2.43. The predicted octanol–water partition coefficient (Wildman–Crippen LogP) is 10.3. The zero-order valence-corrected chi connectivity index (χ0v) is 28.4. The molecule has 3 aliphatic carbocycles. The smallest absolute Gasteiger partial charge is 0.192 e. The minimum absolute atomic E-state index is 0.00684. The van der Waals surface area contributed by atoms with Gasteiger partial charge < -0.3 is 4.43 Å². The van der Waals surface area contributed by atoms with Crippen molar-refractivity contribution in [2.45, 2.75) is 143 Å². The zero-order chi connectivity index (χ0) is 28.8. The van der Waals surface area contributed by atoms with Crippen LogP contribution in [-0.4, -0.2) is 20.0 Å². The number of hydrogen-bond acceptors (Lipinski definition) is 4. The molecule has 1 N–H and O–H groups in total. The molecule has 3 aliphatic rings. The molecule has 0 bridgehead atoms. The van der Waals surface area contributed by atoms with Gasteiger partial charge in [-0.2, -0.15) is 0 Å². The van der Waals surface area contributed by atoms with Gasteiger partial charge in [0.1, 0.15) is 6.10 Å². The van der Waals surface area contributed by atoms with Gasteiger partial charge in [0.25, 0.3) is 0 Å². The van der Waals surface area contributed by atoms with Crippen molar-refractivity contribution in [3.05, 3.63) is 47.1 Å². The van der Waals surface area contributed by atoms with Gasteiger partial charge in [0.15, 0.2) is 8.32 Å². The Labute approximate surface area is 248 Å². The van der Waals surface area contributed by atoms with Crippen LogP contribution in [0, 0.1) is 23.2 Å². The maximum absolute atomic E-state index is 6.91. The first-order valence-corrected chi connectivity index (χ1v) is 18.9. The Kier molecular flexibility index (Phi) is 11.9. The topological polar surface area (TPSA) is 30.5 Å². The molecule has 0 amide bonds. The van der Waals surface area contributed by atoms with E-state index in [0.717, 1.165) is 30.3 Å². The van der Waals surface area contributed by atoms with E-state index >= 15 is 0 Å². The summed E-state index contributed by atoms with van der Waals surface area (Å²) in [4.78, 5) is 8.23. The van der Waals surface area contributed by atoms with Gasteiger partial charge in [0, 0.05) is 0 Å². The number of fused-ring (bicyclic) bond motifs is 1. The Balaban J connectivity index is 1.62. The third kappa shape index (κ3) is 7.63. The molecule has 0 spiro atoms. The van der Waals surface area contributed by atoms with Crippen LogP contribution in [0.3, 0.4) is 0 Å². The van der Waals surface area contributed by atoms with Gasteiger partial charge in [0.2, 0.25) is 0 Å². The highest BCUT2D eigenvalue weighted by Gasteiger charge is 2.49. The summed E-state index contributed by atoms with van der Waals surface area (Å²) < 4.78 is 6.91. The molecule has 3 rings (SSSR count). The first kappa shape index (κ1) is 32.9. The Bertz CT molecular complexity index is 925. The summed E-state index contributed by atoms with van der Waals surface area (Å²) in [5, 5.41) is 0. The molecule has 5 heteroatoms. The average molecular weight is 574 g/mol. The molecule has 39 heavy (non-hydrogen) atoms. The average Bonchev–Trinajstić information content (AvgIpc) is 3.26. The van der Waals surface area contributed by atoms with E-state index in [1.54, 1.807) is 5.57 Å². The summed E-state index contributed by atoms with van der Waals surface area (Å²) in [7, 11) is -1.57. The molecular weight excluding hydrogens is 515 g/mol. The van der Waals surface area contributed by atoms with Gasteiger partial charge in [-0.3, -0.25) is 4.84 Å². The number of allylic oxidation sites excluding steroid dienone is 5. The summed E-state index contributed by atoms with van der Waals surface area (Å²) in [6.07, 6.45) is 18.3. The molecule has 1 fully saturated rings. The maximum atomic E-state index is 6.91. The number of thiol groups is 1. The third-order valence-electron chi connectivity index (χ3n) is 11.1. The van der Waals surface area contributed by atoms with Crippen LogP contribution < -0.4 is 4.89 Å². The highest BCUT2D eigenvalue weighted by molar-refractivity contribution is 7.77.